The Labute approximate surface area is 93.1 Å². The lowest BCUT2D eigenvalue weighted by Crippen LogP contribution is -2.25. The van der Waals surface area contributed by atoms with Crippen LogP contribution in [0.2, 0.25) is 0 Å². The molecular formula is C12H14FNO2. The molecule has 0 spiro atoms. The highest BCUT2D eigenvalue weighted by Crippen LogP contribution is 2.36. The van der Waals surface area contributed by atoms with Gasteiger partial charge in [-0.05, 0) is 49.4 Å². The number of rotatable bonds is 3. The van der Waals surface area contributed by atoms with Crippen LogP contribution in [0.5, 0.6) is 0 Å². The van der Waals surface area contributed by atoms with E-state index in [1.54, 1.807) is 6.92 Å². The minimum atomic E-state index is -1.03. The molecule has 1 saturated carbocycles. The molecule has 0 aliphatic heterocycles. The van der Waals surface area contributed by atoms with E-state index in [2.05, 4.69) is 0 Å². The maximum Gasteiger partial charge on any atom is 0.335 e. The molecule has 1 aromatic carbocycles. The average molecular weight is 223 g/mol. The third kappa shape index (κ3) is 2.07. The number of carboxylic acid groups (broad SMARTS) is 1. The molecular weight excluding hydrogens is 209 g/mol. The first-order valence-electron chi connectivity index (χ1n) is 5.22. The standard InChI is InChI=1S/C12H14FNO2/c1-7-4-10(13)8(5-9(7)11(15)16)6-12(14)2-3-12/h4-5H,2-3,6,14H2,1H3,(H,15,16). The van der Waals surface area contributed by atoms with Gasteiger partial charge in [0, 0.05) is 5.54 Å². The van der Waals surface area contributed by atoms with Crippen LogP contribution in [-0.4, -0.2) is 16.6 Å². The van der Waals surface area contributed by atoms with Gasteiger partial charge >= 0.3 is 5.97 Å². The minimum absolute atomic E-state index is 0.153. The first-order chi connectivity index (χ1) is 7.41. The van der Waals surface area contributed by atoms with Crippen molar-refractivity contribution in [3.05, 3.63) is 34.6 Å². The first-order valence-corrected chi connectivity index (χ1v) is 5.22. The number of hydrogen-bond donors (Lipinski definition) is 2. The lowest BCUT2D eigenvalue weighted by Gasteiger charge is -2.11. The maximum atomic E-state index is 13.6. The third-order valence-corrected chi connectivity index (χ3v) is 3.06. The molecule has 1 aromatic rings. The Hall–Kier alpha value is -1.42. The fourth-order valence-corrected chi connectivity index (χ4v) is 1.80. The van der Waals surface area contributed by atoms with E-state index >= 15 is 0 Å². The normalized spacial score (nSPS) is 17.2. The number of hydrogen-bond acceptors (Lipinski definition) is 2. The van der Waals surface area contributed by atoms with Gasteiger partial charge in [-0.1, -0.05) is 0 Å². The van der Waals surface area contributed by atoms with Crippen molar-refractivity contribution in [2.45, 2.75) is 31.7 Å². The zero-order chi connectivity index (χ0) is 11.9. The summed E-state index contributed by atoms with van der Waals surface area (Å²) >= 11 is 0. The number of benzene rings is 1. The number of nitrogens with two attached hydrogens (primary N) is 1. The Bertz CT molecular complexity index is 453. The van der Waals surface area contributed by atoms with E-state index in [4.69, 9.17) is 10.8 Å². The Morgan fingerprint density at radius 3 is 2.69 bits per heavy atom. The van der Waals surface area contributed by atoms with Gasteiger partial charge in [0.15, 0.2) is 0 Å². The Kier molecular flexibility index (Phi) is 2.46. The lowest BCUT2D eigenvalue weighted by molar-refractivity contribution is 0.0696. The monoisotopic (exact) mass is 223 g/mol. The highest BCUT2D eigenvalue weighted by molar-refractivity contribution is 5.89. The first kappa shape index (κ1) is 11.1. The summed E-state index contributed by atoms with van der Waals surface area (Å²) in [5, 5.41) is 8.94. The van der Waals surface area contributed by atoms with E-state index in [9.17, 15) is 9.18 Å². The van der Waals surface area contributed by atoms with Crippen LogP contribution >= 0.6 is 0 Å². The summed E-state index contributed by atoms with van der Waals surface area (Å²) in [6, 6.07) is 2.67. The highest BCUT2D eigenvalue weighted by atomic mass is 19.1. The third-order valence-electron chi connectivity index (χ3n) is 3.06. The van der Waals surface area contributed by atoms with Crippen LogP contribution in [0.4, 0.5) is 4.39 Å². The van der Waals surface area contributed by atoms with E-state index in [-0.39, 0.29) is 16.9 Å². The van der Waals surface area contributed by atoms with Gasteiger partial charge < -0.3 is 10.8 Å². The molecule has 0 radical (unpaired) electrons. The molecule has 0 heterocycles. The second kappa shape index (κ2) is 3.56. The summed E-state index contributed by atoms with van der Waals surface area (Å²) < 4.78 is 13.6. The molecule has 1 fully saturated rings. The zero-order valence-corrected chi connectivity index (χ0v) is 9.09. The van der Waals surface area contributed by atoms with Crippen molar-refractivity contribution in [3.63, 3.8) is 0 Å². The van der Waals surface area contributed by atoms with Crippen LogP contribution in [-0.2, 0) is 6.42 Å². The molecule has 0 aromatic heterocycles. The highest BCUT2D eigenvalue weighted by Gasteiger charge is 2.38. The van der Waals surface area contributed by atoms with Gasteiger partial charge in [0.1, 0.15) is 5.82 Å². The van der Waals surface area contributed by atoms with Gasteiger partial charge in [0.25, 0.3) is 0 Å². The van der Waals surface area contributed by atoms with E-state index in [1.807, 2.05) is 0 Å². The van der Waals surface area contributed by atoms with Crippen LogP contribution in [0, 0.1) is 12.7 Å². The van der Waals surface area contributed by atoms with Crippen LogP contribution in [0.3, 0.4) is 0 Å². The van der Waals surface area contributed by atoms with Gasteiger partial charge in [0.05, 0.1) is 5.56 Å². The fraction of sp³-hybridized carbons (Fsp3) is 0.417. The van der Waals surface area contributed by atoms with Crippen molar-refractivity contribution in [2.75, 3.05) is 0 Å². The van der Waals surface area contributed by atoms with Gasteiger partial charge in [-0.15, -0.1) is 0 Å². The number of aromatic carboxylic acids is 1. The van der Waals surface area contributed by atoms with E-state index in [0.29, 0.717) is 17.5 Å². The Morgan fingerprint density at radius 2 is 2.19 bits per heavy atom. The van der Waals surface area contributed by atoms with Crippen molar-refractivity contribution in [2.24, 2.45) is 5.73 Å². The molecule has 16 heavy (non-hydrogen) atoms. The number of aryl methyl sites for hydroxylation is 1. The molecule has 86 valence electrons. The Morgan fingerprint density at radius 1 is 1.56 bits per heavy atom. The van der Waals surface area contributed by atoms with E-state index in [1.165, 1.54) is 12.1 Å². The molecule has 1 aliphatic rings. The van der Waals surface area contributed by atoms with Gasteiger partial charge in [-0.25, -0.2) is 9.18 Å². The van der Waals surface area contributed by atoms with Crippen molar-refractivity contribution in [1.82, 2.24) is 0 Å². The summed E-state index contributed by atoms with van der Waals surface area (Å²) in [6.45, 7) is 1.59. The second-order valence-corrected chi connectivity index (χ2v) is 4.60. The molecule has 2 rings (SSSR count). The summed E-state index contributed by atoms with van der Waals surface area (Å²) in [5.74, 6) is -1.39. The smallest absolute Gasteiger partial charge is 0.335 e. The summed E-state index contributed by atoms with van der Waals surface area (Å²) in [7, 11) is 0. The number of carbonyl (C=O) groups is 1. The largest absolute Gasteiger partial charge is 0.478 e. The predicted octanol–water partition coefficient (Wildman–Crippen LogP) is 1.87. The Balaban J connectivity index is 2.37. The molecule has 0 unspecified atom stereocenters. The minimum Gasteiger partial charge on any atom is -0.478 e. The van der Waals surface area contributed by atoms with Crippen LogP contribution < -0.4 is 5.73 Å². The lowest BCUT2D eigenvalue weighted by atomic mass is 9.99. The van der Waals surface area contributed by atoms with Crippen molar-refractivity contribution in [1.29, 1.82) is 0 Å². The van der Waals surface area contributed by atoms with E-state index < -0.39 is 5.97 Å². The summed E-state index contributed by atoms with van der Waals surface area (Å²) in [4.78, 5) is 10.9. The fourth-order valence-electron chi connectivity index (χ4n) is 1.80. The molecule has 0 bridgehead atoms. The SMILES string of the molecule is Cc1cc(F)c(CC2(N)CC2)cc1C(=O)O. The average Bonchev–Trinajstić information content (AvgIpc) is 2.88. The van der Waals surface area contributed by atoms with Crippen molar-refractivity contribution < 1.29 is 14.3 Å². The maximum absolute atomic E-state index is 13.6. The molecule has 0 saturated heterocycles. The van der Waals surface area contributed by atoms with Gasteiger partial charge in [-0.2, -0.15) is 0 Å². The predicted molar refractivity (Wildman–Crippen MR) is 58.0 cm³/mol. The van der Waals surface area contributed by atoms with Crippen molar-refractivity contribution in [3.8, 4) is 0 Å². The number of halogens is 1. The molecule has 0 amide bonds. The quantitative estimate of drug-likeness (QED) is 0.822. The topological polar surface area (TPSA) is 63.3 Å². The molecule has 0 atom stereocenters. The second-order valence-electron chi connectivity index (χ2n) is 4.60. The van der Waals surface area contributed by atoms with Gasteiger partial charge in [0.2, 0.25) is 0 Å². The number of carboxylic acids is 1. The summed E-state index contributed by atoms with van der Waals surface area (Å²) in [6.07, 6.45) is 2.17. The van der Waals surface area contributed by atoms with Crippen LogP contribution in [0.25, 0.3) is 0 Å². The molecule has 3 N–H and O–H groups in total. The summed E-state index contributed by atoms with van der Waals surface area (Å²) in [5.41, 5.74) is 6.58. The molecule has 4 heteroatoms. The van der Waals surface area contributed by atoms with E-state index in [0.717, 1.165) is 12.8 Å². The molecule has 1 aliphatic carbocycles. The molecule has 3 nitrogen and oxygen atoms in total. The van der Waals surface area contributed by atoms with Crippen molar-refractivity contribution >= 4 is 5.97 Å². The van der Waals surface area contributed by atoms with Crippen LogP contribution in [0.1, 0.15) is 34.3 Å². The zero-order valence-electron chi connectivity index (χ0n) is 9.09. The van der Waals surface area contributed by atoms with Crippen LogP contribution in [0.15, 0.2) is 12.1 Å². The van der Waals surface area contributed by atoms with Gasteiger partial charge in [-0.3, -0.25) is 0 Å².